The molecule has 7 heteroatoms. The lowest BCUT2D eigenvalue weighted by atomic mass is 9.91. The van der Waals surface area contributed by atoms with E-state index in [1.165, 1.54) is 0 Å². The third kappa shape index (κ3) is 1.89. The molecule has 0 saturated heterocycles. The normalized spacial score (nSPS) is 36.8. The summed E-state index contributed by atoms with van der Waals surface area (Å²) < 4.78 is 10.4. The summed E-state index contributed by atoms with van der Waals surface area (Å²) in [6, 6.07) is 6.65. The third-order valence-corrected chi connectivity index (χ3v) is 5.18. The zero-order chi connectivity index (χ0) is 16.4. The van der Waals surface area contributed by atoms with Crippen molar-refractivity contribution in [3.05, 3.63) is 35.4 Å². The number of fused-ring (bicyclic) bond motifs is 2. The van der Waals surface area contributed by atoms with Gasteiger partial charge in [-0.1, -0.05) is 18.2 Å². The first-order valence-electron chi connectivity index (χ1n) is 7.46. The summed E-state index contributed by atoms with van der Waals surface area (Å²) in [7, 11) is 0. The summed E-state index contributed by atoms with van der Waals surface area (Å²) in [5.74, 6) is -3.24. The quantitative estimate of drug-likeness (QED) is 0.793. The number of cyclic esters (lactones) is 1. The first kappa shape index (κ1) is 14.2. The number of carbonyl (C=O) groups is 3. The van der Waals surface area contributed by atoms with Gasteiger partial charge in [-0.3, -0.25) is 4.79 Å². The molecule has 1 aromatic carbocycles. The molecule has 2 saturated carbocycles. The molecule has 3 aliphatic rings. The molecule has 0 radical (unpaired) electrons. The molecular formula is C16H15NO6. The molecule has 0 spiro atoms. The van der Waals surface area contributed by atoms with Crippen molar-refractivity contribution < 1.29 is 29.0 Å². The van der Waals surface area contributed by atoms with E-state index in [1.807, 2.05) is 0 Å². The highest BCUT2D eigenvalue weighted by Gasteiger charge is 2.70. The van der Waals surface area contributed by atoms with Crippen LogP contribution in [0.5, 0.6) is 0 Å². The van der Waals surface area contributed by atoms with Gasteiger partial charge in [0.1, 0.15) is 5.54 Å². The van der Waals surface area contributed by atoms with Crippen LogP contribution in [0.25, 0.3) is 0 Å². The summed E-state index contributed by atoms with van der Waals surface area (Å²) in [5.41, 5.74) is 5.69. The van der Waals surface area contributed by atoms with E-state index in [4.69, 9.17) is 20.3 Å². The third-order valence-electron chi connectivity index (χ3n) is 5.18. The minimum atomic E-state index is -1.32. The van der Waals surface area contributed by atoms with Crippen LogP contribution in [0.2, 0.25) is 0 Å². The van der Waals surface area contributed by atoms with E-state index in [0.29, 0.717) is 24.0 Å². The van der Waals surface area contributed by atoms with Crippen molar-refractivity contribution >= 4 is 17.9 Å². The van der Waals surface area contributed by atoms with E-state index >= 15 is 0 Å². The van der Waals surface area contributed by atoms with Gasteiger partial charge in [-0.05, 0) is 24.8 Å². The number of nitrogens with two attached hydrogens (primary N) is 1. The van der Waals surface area contributed by atoms with E-state index < -0.39 is 41.6 Å². The fraction of sp³-hybridized carbons (Fsp3) is 0.438. The van der Waals surface area contributed by atoms with E-state index in [1.54, 1.807) is 24.3 Å². The minimum Gasteiger partial charge on any atom is -0.481 e. The van der Waals surface area contributed by atoms with Gasteiger partial charge in [-0.25, -0.2) is 9.59 Å². The summed E-state index contributed by atoms with van der Waals surface area (Å²) in [4.78, 5) is 35.4. The Balaban J connectivity index is 1.53. The Morgan fingerprint density at radius 2 is 2.09 bits per heavy atom. The predicted molar refractivity (Wildman–Crippen MR) is 74.9 cm³/mol. The Morgan fingerprint density at radius 3 is 2.78 bits per heavy atom. The second kappa shape index (κ2) is 4.55. The average molecular weight is 317 g/mol. The number of carboxylic acid groups (broad SMARTS) is 1. The van der Waals surface area contributed by atoms with Crippen molar-refractivity contribution in [3.8, 4) is 0 Å². The summed E-state index contributed by atoms with van der Waals surface area (Å²) in [6.45, 7) is 0. The molecule has 1 aromatic rings. The fourth-order valence-electron chi connectivity index (χ4n) is 3.99. The number of hydrogen-bond acceptors (Lipinski definition) is 6. The van der Waals surface area contributed by atoms with Gasteiger partial charge in [0.25, 0.3) is 6.29 Å². The van der Waals surface area contributed by atoms with Crippen molar-refractivity contribution in [3.63, 3.8) is 0 Å². The number of benzene rings is 1. The molecule has 1 heterocycles. The van der Waals surface area contributed by atoms with Crippen LogP contribution < -0.4 is 5.73 Å². The average Bonchev–Trinajstić information content (AvgIpc) is 3.07. The van der Waals surface area contributed by atoms with Crippen molar-refractivity contribution in [1.82, 2.24) is 0 Å². The monoisotopic (exact) mass is 317 g/mol. The molecule has 7 nitrogen and oxygen atoms in total. The number of rotatable bonds is 3. The molecule has 120 valence electrons. The predicted octanol–water partition coefficient (Wildman–Crippen LogP) is 0.837. The second-order valence-electron chi connectivity index (χ2n) is 6.36. The molecule has 1 unspecified atom stereocenters. The maximum Gasteiger partial charge on any atom is 0.342 e. The number of carboxylic acids is 1. The van der Waals surface area contributed by atoms with Crippen LogP contribution in [0.1, 0.15) is 35.1 Å². The zero-order valence-electron chi connectivity index (χ0n) is 12.1. The van der Waals surface area contributed by atoms with Crippen LogP contribution >= 0.6 is 0 Å². The van der Waals surface area contributed by atoms with Gasteiger partial charge in [-0.2, -0.15) is 0 Å². The summed E-state index contributed by atoms with van der Waals surface area (Å²) in [6.07, 6.45) is -0.144. The lowest BCUT2D eigenvalue weighted by molar-refractivity contribution is -0.175. The molecule has 2 fully saturated rings. The topological polar surface area (TPSA) is 116 Å². The van der Waals surface area contributed by atoms with E-state index in [-0.39, 0.29) is 5.92 Å². The first-order valence-corrected chi connectivity index (χ1v) is 7.46. The summed E-state index contributed by atoms with van der Waals surface area (Å²) >= 11 is 0. The van der Waals surface area contributed by atoms with Gasteiger partial charge in [0.05, 0.1) is 11.5 Å². The molecule has 3 N–H and O–H groups in total. The van der Waals surface area contributed by atoms with Crippen LogP contribution in [0.3, 0.4) is 0 Å². The number of ether oxygens (including phenoxy) is 2. The largest absolute Gasteiger partial charge is 0.481 e. The van der Waals surface area contributed by atoms with Crippen LogP contribution in [0.15, 0.2) is 24.3 Å². The molecular weight excluding hydrogens is 302 g/mol. The van der Waals surface area contributed by atoms with Gasteiger partial charge in [0.2, 0.25) is 0 Å². The number of aliphatic carboxylic acids is 1. The Kier molecular flexibility index (Phi) is 2.81. The zero-order valence-corrected chi connectivity index (χ0v) is 12.1. The highest BCUT2D eigenvalue weighted by atomic mass is 16.7. The van der Waals surface area contributed by atoms with Crippen molar-refractivity contribution in [2.24, 2.45) is 23.5 Å². The van der Waals surface area contributed by atoms with Gasteiger partial charge < -0.3 is 20.3 Å². The van der Waals surface area contributed by atoms with Gasteiger partial charge in [-0.15, -0.1) is 0 Å². The van der Waals surface area contributed by atoms with E-state index in [0.717, 1.165) is 0 Å². The first-order chi connectivity index (χ1) is 10.9. The SMILES string of the molecule is N[C@@]1(C(=O)OC2OC(=O)c3ccccc32)CC[C@H]2[C@H](C(=O)O)[C@H]21. The molecule has 0 aromatic heterocycles. The smallest absolute Gasteiger partial charge is 0.342 e. The molecule has 0 amide bonds. The molecule has 2 aliphatic carbocycles. The molecule has 0 bridgehead atoms. The fourth-order valence-corrected chi connectivity index (χ4v) is 3.99. The van der Waals surface area contributed by atoms with E-state index in [9.17, 15) is 14.4 Å². The van der Waals surface area contributed by atoms with Crippen LogP contribution in [-0.4, -0.2) is 28.6 Å². The Bertz CT molecular complexity index is 731. The number of esters is 2. The van der Waals surface area contributed by atoms with Crippen molar-refractivity contribution in [2.75, 3.05) is 0 Å². The van der Waals surface area contributed by atoms with Gasteiger partial charge >= 0.3 is 17.9 Å². The Labute approximate surface area is 131 Å². The van der Waals surface area contributed by atoms with Gasteiger partial charge in [0, 0.05) is 11.5 Å². The number of hydrogen-bond donors (Lipinski definition) is 2. The molecule has 23 heavy (non-hydrogen) atoms. The van der Waals surface area contributed by atoms with Crippen LogP contribution in [-0.2, 0) is 19.1 Å². The second-order valence-corrected chi connectivity index (χ2v) is 6.36. The molecule has 1 aliphatic heterocycles. The minimum absolute atomic E-state index is 0.0662. The summed E-state index contributed by atoms with van der Waals surface area (Å²) in [5, 5.41) is 9.15. The molecule has 4 rings (SSSR count). The Hall–Kier alpha value is -2.41. The van der Waals surface area contributed by atoms with E-state index in [2.05, 4.69) is 0 Å². The standard InChI is InChI=1S/C16H15NO6/c17-16(6-5-9-10(11(9)16)12(18)19)15(21)23-14-8-4-2-1-3-7(8)13(20)22-14/h1-4,9-11,14H,5-6,17H2,(H,18,19)/t9-,10-,11-,14?,16-/m0/s1. The lowest BCUT2D eigenvalue weighted by Crippen LogP contribution is -2.51. The maximum atomic E-state index is 12.5. The number of carbonyl (C=O) groups excluding carboxylic acids is 2. The van der Waals surface area contributed by atoms with Crippen LogP contribution in [0, 0.1) is 17.8 Å². The molecule has 5 atom stereocenters. The van der Waals surface area contributed by atoms with Crippen LogP contribution in [0.4, 0.5) is 0 Å². The lowest BCUT2D eigenvalue weighted by Gasteiger charge is -2.26. The van der Waals surface area contributed by atoms with Crippen molar-refractivity contribution in [2.45, 2.75) is 24.7 Å². The highest BCUT2D eigenvalue weighted by molar-refractivity contribution is 5.94. The highest BCUT2D eigenvalue weighted by Crippen LogP contribution is 2.62. The van der Waals surface area contributed by atoms with Crippen molar-refractivity contribution in [1.29, 1.82) is 0 Å². The maximum absolute atomic E-state index is 12.5. The Morgan fingerprint density at radius 1 is 1.35 bits per heavy atom. The van der Waals surface area contributed by atoms with Gasteiger partial charge in [0.15, 0.2) is 0 Å².